The van der Waals surface area contributed by atoms with Gasteiger partial charge < -0.3 is 5.32 Å². The van der Waals surface area contributed by atoms with Gasteiger partial charge in [-0.1, -0.05) is 52.3 Å². The van der Waals surface area contributed by atoms with E-state index in [4.69, 9.17) is 0 Å². The number of anilines is 1. The van der Waals surface area contributed by atoms with Crippen molar-refractivity contribution in [3.8, 4) is 0 Å². The van der Waals surface area contributed by atoms with Crippen LogP contribution in [0.25, 0.3) is 10.8 Å². The predicted octanol–water partition coefficient (Wildman–Crippen LogP) is 5.83. The van der Waals surface area contributed by atoms with E-state index in [1.165, 1.54) is 33.2 Å². The van der Waals surface area contributed by atoms with Crippen LogP contribution < -0.4 is 5.32 Å². The molecule has 0 amide bonds. The molecule has 0 radical (unpaired) electrons. The van der Waals surface area contributed by atoms with E-state index < -0.39 is 0 Å². The van der Waals surface area contributed by atoms with Gasteiger partial charge in [0.2, 0.25) is 0 Å². The Labute approximate surface area is 134 Å². The third-order valence-corrected chi connectivity index (χ3v) is 4.24. The maximum Gasteiger partial charge on any atom is 0.0403 e. The van der Waals surface area contributed by atoms with Crippen LogP contribution in [-0.4, -0.2) is 0 Å². The molecule has 3 aromatic carbocycles. The molecule has 0 fully saturated rings. The lowest BCUT2D eigenvalue weighted by Gasteiger charge is -2.14. The van der Waals surface area contributed by atoms with Crippen LogP contribution in [0, 0.1) is 13.8 Å². The molecule has 0 unspecified atom stereocenters. The number of benzene rings is 3. The molecule has 0 heterocycles. The fraction of sp³-hybridized carbons (Fsp3) is 0.158. The Balaban J connectivity index is 1.83. The third-order valence-electron chi connectivity index (χ3n) is 3.78. The molecule has 0 aromatic heterocycles. The highest BCUT2D eigenvalue weighted by Crippen LogP contribution is 2.26. The highest BCUT2D eigenvalue weighted by atomic mass is 79.9. The molecule has 2 heteroatoms. The van der Waals surface area contributed by atoms with E-state index in [1.54, 1.807) is 0 Å². The van der Waals surface area contributed by atoms with E-state index in [9.17, 15) is 0 Å². The molecule has 0 saturated carbocycles. The van der Waals surface area contributed by atoms with Crippen molar-refractivity contribution in [3.05, 3.63) is 75.8 Å². The van der Waals surface area contributed by atoms with Gasteiger partial charge in [0.25, 0.3) is 0 Å². The molecule has 0 aliphatic carbocycles. The predicted molar refractivity (Wildman–Crippen MR) is 94.9 cm³/mol. The van der Waals surface area contributed by atoms with Crippen molar-refractivity contribution in [2.45, 2.75) is 20.4 Å². The molecule has 0 bridgehead atoms. The number of hydrogen-bond acceptors (Lipinski definition) is 1. The summed E-state index contributed by atoms with van der Waals surface area (Å²) in [6, 6.07) is 19.4. The molecule has 0 aliphatic rings. The van der Waals surface area contributed by atoms with Crippen LogP contribution in [0.2, 0.25) is 0 Å². The van der Waals surface area contributed by atoms with Gasteiger partial charge in [0.05, 0.1) is 0 Å². The van der Waals surface area contributed by atoms with Gasteiger partial charge in [0.15, 0.2) is 0 Å². The highest BCUT2D eigenvalue weighted by molar-refractivity contribution is 9.10. The first-order valence-corrected chi connectivity index (χ1v) is 7.91. The Bertz CT molecular complexity index is 769. The van der Waals surface area contributed by atoms with Crippen molar-refractivity contribution in [3.63, 3.8) is 0 Å². The Kier molecular flexibility index (Phi) is 3.98. The standard InChI is InChI=1S/C19H18BrN/c1-13-9-18(20)10-14(2)19(13)21-12-15-7-8-16-5-3-4-6-17(16)11-15/h3-11,21H,12H2,1-2H3. The SMILES string of the molecule is Cc1cc(Br)cc(C)c1NCc1ccc2ccccc2c1. The van der Waals surface area contributed by atoms with Crippen LogP contribution in [0.5, 0.6) is 0 Å². The summed E-state index contributed by atoms with van der Waals surface area (Å²) in [4.78, 5) is 0. The summed E-state index contributed by atoms with van der Waals surface area (Å²) in [6.45, 7) is 5.12. The fourth-order valence-corrected chi connectivity index (χ4v) is 3.42. The minimum atomic E-state index is 0.841. The van der Waals surface area contributed by atoms with E-state index in [1.807, 2.05) is 0 Å². The lowest BCUT2D eigenvalue weighted by atomic mass is 10.1. The molecular weight excluding hydrogens is 322 g/mol. The summed E-state index contributed by atoms with van der Waals surface area (Å²) in [5, 5.41) is 6.15. The van der Waals surface area contributed by atoms with Gasteiger partial charge >= 0.3 is 0 Å². The van der Waals surface area contributed by atoms with Gasteiger partial charge in [0.1, 0.15) is 0 Å². The monoisotopic (exact) mass is 339 g/mol. The average Bonchev–Trinajstić information content (AvgIpc) is 2.46. The zero-order chi connectivity index (χ0) is 14.8. The van der Waals surface area contributed by atoms with Crippen LogP contribution in [-0.2, 0) is 6.54 Å². The normalized spacial score (nSPS) is 10.8. The van der Waals surface area contributed by atoms with Crippen molar-refractivity contribution >= 4 is 32.4 Å². The minimum Gasteiger partial charge on any atom is -0.381 e. The quantitative estimate of drug-likeness (QED) is 0.632. The fourth-order valence-electron chi connectivity index (χ4n) is 2.73. The maximum atomic E-state index is 3.57. The van der Waals surface area contributed by atoms with E-state index in [0.717, 1.165) is 11.0 Å². The van der Waals surface area contributed by atoms with Gasteiger partial charge in [-0.05, 0) is 59.5 Å². The summed E-state index contributed by atoms with van der Waals surface area (Å²) in [6.07, 6.45) is 0. The molecule has 0 saturated heterocycles. The van der Waals surface area contributed by atoms with Crippen molar-refractivity contribution < 1.29 is 0 Å². The van der Waals surface area contributed by atoms with Gasteiger partial charge in [-0.15, -0.1) is 0 Å². The average molecular weight is 340 g/mol. The number of hydrogen-bond donors (Lipinski definition) is 1. The van der Waals surface area contributed by atoms with Crippen LogP contribution in [0.4, 0.5) is 5.69 Å². The Morgan fingerprint density at radius 1 is 0.857 bits per heavy atom. The van der Waals surface area contributed by atoms with E-state index in [0.29, 0.717) is 0 Å². The molecule has 1 nitrogen and oxygen atoms in total. The molecule has 0 aliphatic heterocycles. The minimum absolute atomic E-state index is 0.841. The zero-order valence-corrected chi connectivity index (χ0v) is 13.9. The van der Waals surface area contributed by atoms with E-state index >= 15 is 0 Å². The smallest absolute Gasteiger partial charge is 0.0403 e. The molecule has 0 atom stereocenters. The summed E-state index contributed by atoms with van der Waals surface area (Å²) >= 11 is 3.54. The van der Waals surface area contributed by atoms with Crippen LogP contribution >= 0.6 is 15.9 Å². The summed E-state index contributed by atoms with van der Waals surface area (Å²) < 4.78 is 1.13. The van der Waals surface area contributed by atoms with Gasteiger partial charge in [-0.2, -0.15) is 0 Å². The molecule has 21 heavy (non-hydrogen) atoms. The second-order valence-electron chi connectivity index (χ2n) is 5.45. The third kappa shape index (κ3) is 3.11. The number of rotatable bonds is 3. The second-order valence-corrected chi connectivity index (χ2v) is 6.37. The molecular formula is C19H18BrN. The molecule has 106 valence electrons. The van der Waals surface area contributed by atoms with E-state index in [-0.39, 0.29) is 0 Å². The summed E-state index contributed by atoms with van der Waals surface area (Å²) in [7, 11) is 0. The Morgan fingerprint density at radius 2 is 1.52 bits per heavy atom. The first kappa shape index (κ1) is 14.2. The first-order valence-electron chi connectivity index (χ1n) is 7.12. The number of halogens is 1. The lowest BCUT2D eigenvalue weighted by molar-refractivity contribution is 1.13. The topological polar surface area (TPSA) is 12.0 Å². The number of aryl methyl sites for hydroxylation is 2. The maximum absolute atomic E-state index is 3.57. The van der Waals surface area contributed by atoms with Gasteiger partial charge in [-0.25, -0.2) is 0 Å². The van der Waals surface area contributed by atoms with Crippen LogP contribution in [0.15, 0.2) is 59.1 Å². The Hall–Kier alpha value is -1.80. The lowest BCUT2D eigenvalue weighted by Crippen LogP contribution is -2.03. The van der Waals surface area contributed by atoms with Crippen molar-refractivity contribution in [1.82, 2.24) is 0 Å². The van der Waals surface area contributed by atoms with Crippen molar-refractivity contribution in [2.75, 3.05) is 5.32 Å². The number of nitrogens with one attached hydrogen (secondary N) is 1. The van der Waals surface area contributed by atoms with Gasteiger partial charge in [0, 0.05) is 16.7 Å². The van der Waals surface area contributed by atoms with Crippen LogP contribution in [0.3, 0.4) is 0 Å². The van der Waals surface area contributed by atoms with Crippen molar-refractivity contribution in [2.24, 2.45) is 0 Å². The van der Waals surface area contributed by atoms with Crippen LogP contribution in [0.1, 0.15) is 16.7 Å². The molecule has 3 aromatic rings. The zero-order valence-electron chi connectivity index (χ0n) is 12.3. The number of fused-ring (bicyclic) bond motifs is 1. The first-order chi connectivity index (χ1) is 10.1. The molecule has 3 rings (SSSR count). The molecule has 0 spiro atoms. The van der Waals surface area contributed by atoms with Crippen molar-refractivity contribution in [1.29, 1.82) is 0 Å². The molecule has 1 N–H and O–H groups in total. The second kappa shape index (κ2) is 5.90. The largest absolute Gasteiger partial charge is 0.381 e. The highest BCUT2D eigenvalue weighted by Gasteiger charge is 2.04. The van der Waals surface area contributed by atoms with E-state index in [2.05, 4.69) is 89.7 Å². The summed E-state index contributed by atoms with van der Waals surface area (Å²) in [5.74, 6) is 0. The summed E-state index contributed by atoms with van der Waals surface area (Å²) in [5.41, 5.74) is 5.06. The Morgan fingerprint density at radius 3 is 2.24 bits per heavy atom. The van der Waals surface area contributed by atoms with Gasteiger partial charge in [-0.3, -0.25) is 0 Å².